The third-order valence-electron chi connectivity index (χ3n) is 6.45. The van der Waals surface area contributed by atoms with Gasteiger partial charge in [-0.3, -0.25) is 19.7 Å². The smallest absolute Gasteiger partial charge is 0.271 e. The number of hydrogen-bond acceptors (Lipinski definition) is 4. The lowest BCUT2D eigenvalue weighted by atomic mass is 9.64. The molecule has 2 aliphatic rings. The van der Waals surface area contributed by atoms with Crippen molar-refractivity contribution in [2.75, 3.05) is 5.32 Å². The lowest BCUT2D eigenvalue weighted by Gasteiger charge is -2.38. The Morgan fingerprint density at radius 3 is 2.48 bits per heavy atom. The van der Waals surface area contributed by atoms with Crippen LogP contribution in [0.15, 0.2) is 24.3 Å². The van der Waals surface area contributed by atoms with E-state index in [9.17, 15) is 19.7 Å². The van der Waals surface area contributed by atoms with Crippen molar-refractivity contribution in [1.29, 1.82) is 0 Å². The number of non-ortho nitro benzene ring substituents is 1. The number of nitrogens with zero attached hydrogens (tertiary/aromatic N) is 1. The fourth-order valence-corrected chi connectivity index (χ4v) is 4.31. The average molecular weight is 316 g/mol. The summed E-state index contributed by atoms with van der Waals surface area (Å²) >= 11 is 0. The lowest BCUT2D eigenvalue weighted by molar-refractivity contribution is -0.384. The summed E-state index contributed by atoms with van der Waals surface area (Å²) in [7, 11) is 0. The summed E-state index contributed by atoms with van der Waals surface area (Å²) in [6.45, 7) is 5.92. The van der Waals surface area contributed by atoms with Crippen LogP contribution in [0.2, 0.25) is 0 Å². The van der Waals surface area contributed by atoms with Crippen LogP contribution in [0.4, 0.5) is 11.4 Å². The van der Waals surface area contributed by atoms with E-state index in [1.165, 1.54) is 18.2 Å². The molecule has 0 unspecified atom stereocenters. The van der Waals surface area contributed by atoms with Gasteiger partial charge in [0.05, 0.1) is 10.3 Å². The van der Waals surface area contributed by atoms with Gasteiger partial charge in [0.2, 0.25) is 5.91 Å². The van der Waals surface area contributed by atoms with Crippen LogP contribution in [0, 0.1) is 26.4 Å². The first-order valence-electron chi connectivity index (χ1n) is 7.73. The standard InChI is InChI=1S/C17H20N2O4/c1-15(2)16(3)7-8-17(15,10-13(16)20)14(21)18-11-5-4-6-12(9-11)19(22)23/h4-6,9H,7-8,10H2,1-3H3,(H,18,21)/t16-,17-/m1/s1. The van der Waals surface area contributed by atoms with Crippen LogP contribution < -0.4 is 5.32 Å². The van der Waals surface area contributed by atoms with Gasteiger partial charge in [0, 0.05) is 29.7 Å². The molecular formula is C17H20N2O4. The zero-order valence-corrected chi connectivity index (χ0v) is 13.5. The molecule has 2 atom stereocenters. The Labute approximate surface area is 134 Å². The van der Waals surface area contributed by atoms with Gasteiger partial charge < -0.3 is 5.32 Å². The maximum atomic E-state index is 12.9. The Morgan fingerprint density at radius 1 is 1.26 bits per heavy atom. The molecule has 0 spiro atoms. The quantitative estimate of drug-likeness (QED) is 0.684. The molecule has 1 aromatic carbocycles. The number of carbonyl (C=O) groups is 2. The van der Waals surface area contributed by atoms with Crippen molar-refractivity contribution in [2.45, 2.75) is 40.0 Å². The number of nitro benzene ring substituents is 1. The average Bonchev–Trinajstić information content (AvgIpc) is 2.78. The molecule has 2 bridgehead atoms. The van der Waals surface area contributed by atoms with Crippen molar-refractivity contribution in [3.63, 3.8) is 0 Å². The van der Waals surface area contributed by atoms with Crippen LogP contribution in [-0.4, -0.2) is 16.6 Å². The fourth-order valence-electron chi connectivity index (χ4n) is 4.31. The molecule has 0 aromatic heterocycles. The third-order valence-corrected chi connectivity index (χ3v) is 6.45. The molecular weight excluding hydrogens is 296 g/mol. The first-order chi connectivity index (χ1) is 10.6. The molecule has 1 aromatic rings. The molecule has 2 saturated carbocycles. The van der Waals surface area contributed by atoms with Crippen LogP contribution in [-0.2, 0) is 9.59 Å². The molecule has 6 heteroatoms. The molecule has 2 aliphatic carbocycles. The minimum atomic E-state index is -0.733. The van der Waals surface area contributed by atoms with Crippen molar-refractivity contribution in [3.05, 3.63) is 34.4 Å². The van der Waals surface area contributed by atoms with Crippen LogP contribution in [0.5, 0.6) is 0 Å². The van der Waals surface area contributed by atoms with Gasteiger partial charge in [-0.25, -0.2) is 0 Å². The highest BCUT2D eigenvalue weighted by molar-refractivity contribution is 6.04. The molecule has 3 rings (SSSR count). The molecule has 23 heavy (non-hydrogen) atoms. The number of hydrogen-bond donors (Lipinski definition) is 1. The van der Waals surface area contributed by atoms with Crippen molar-refractivity contribution < 1.29 is 14.5 Å². The molecule has 0 heterocycles. The van der Waals surface area contributed by atoms with E-state index in [-0.39, 0.29) is 23.8 Å². The van der Waals surface area contributed by atoms with Crippen LogP contribution in [0.3, 0.4) is 0 Å². The summed E-state index contributed by atoms with van der Waals surface area (Å²) in [5.74, 6) is -0.0690. The Bertz CT molecular complexity index is 727. The minimum Gasteiger partial charge on any atom is -0.325 e. The van der Waals surface area contributed by atoms with Gasteiger partial charge in [0.15, 0.2) is 0 Å². The Balaban J connectivity index is 1.91. The Kier molecular flexibility index (Phi) is 3.15. The van der Waals surface area contributed by atoms with E-state index in [4.69, 9.17) is 0 Å². The third kappa shape index (κ3) is 1.87. The van der Waals surface area contributed by atoms with Crippen molar-refractivity contribution in [3.8, 4) is 0 Å². The summed E-state index contributed by atoms with van der Waals surface area (Å²) < 4.78 is 0. The monoisotopic (exact) mass is 316 g/mol. The first-order valence-corrected chi connectivity index (χ1v) is 7.73. The number of rotatable bonds is 3. The molecule has 6 nitrogen and oxygen atoms in total. The van der Waals surface area contributed by atoms with E-state index in [1.807, 2.05) is 20.8 Å². The van der Waals surface area contributed by atoms with Crippen LogP contribution in [0.1, 0.15) is 40.0 Å². The summed E-state index contributed by atoms with van der Waals surface area (Å²) in [6.07, 6.45) is 1.63. The highest BCUT2D eigenvalue weighted by Gasteiger charge is 2.72. The second-order valence-corrected chi connectivity index (χ2v) is 7.40. The van der Waals surface area contributed by atoms with Crippen molar-refractivity contribution in [2.24, 2.45) is 16.2 Å². The summed E-state index contributed by atoms with van der Waals surface area (Å²) in [5, 5.41) is 13.7. The van der Waals surface area contributed by atoms with Crippen LogP contribution >= 0.6 is 0 Å². The van der Waals surface area contributed by atoms with E-state index in [0.717, 1.165) is 0 Å². The number of anilines is 1. The van der Waals surface area contributed by atoms with Crippen LogP contribution in [0.25, 0.3) is 0 Å². The zero-order chi connectivity index (χ0) is 17.0. The zero-order valence-electron chi connectivity index (χ0n) is 13.5. The number of nitrogens with one attached hydrogen (secondary N) is 1. The summed E-state index contributed by atoms with van der Waals surface area (Å²) in [6, 6.07) is 5.88. The number of benzene rings is 1. The van der Waals surface area contributed by atoms with Crippen molar-refractivity contribution >= 4 is 23.1 Å². The lowest BCUT2D eigenvalue weighted by Crippen LogP contribution is -2.43. The van der Waals surface area contributed by atoms with E-state index < -0.39 is 21.2 Å². The number of ketones is 1. The number of amides is 1. The summed E-state index contributed by atoms with van der Waals surface area (Å²) in [5.41, 5.74) is -1.31. The molecule has 1 amide bonds. The van der Waals surface area contributed by atoms with E-state index >= 15 is 0 Å². The van der Waals surface area contributed by atoms with E-state index in [2.05, 4.69) is 5.32 Å². The van der Waals surface area contributed by atoms with Gasteiger partial charge in [-0.15, -0.1) is 0 Å². The number of carbonyl (C=O) groups excluding carboxylic acids is 2. The SMILES string of the molecule is CC1(C)[C@]2(C(=O)Nc3cccc([N+](=O)[O-])c3)CC[C@]1(C)C(=O)C2. The first kappa shape index (κ1) is 15.6. The van der Waals surface area contributed by atoms with E-state index in [1.54, 1.807) is 6.07 Å². The second-order valence-electron chi connectivity index (χ2n) is 7.40. The van der Waals surface area contributed by atoms with Gasteiger partial charge in [-0.2, -0.15) is 0 Å². The number of nitro groups is 1. The highest BCUT2D eigenvalue weighted by Crippen LogP contribution is 2.70. The Morgan fingerprint density at radius 2 is 1.96 bits per heavy atom. The summed E-state index contributed by atoms with van der Waals surface area (Å²) in [4.78, 5) is 35.7. The predicted octanol–water partition coefficient (Wildman–Crippen LogP) is 3.32. The van der Waals surface area contributed by atoms with Gasteiger partial charge >= 0.3 is 0 Å². The van der Waals surface area contributed by atoms with Gasteiger partial charge in [0.25, 0.3) is 5.69 Å². The maximum Gasteiger partial charge on any atom is 0.271 e. The van der Waals surface area contributed by atoms with Gasteiger partial charge in [-0.05, 0) is 24.3 Å². The van der Waals surface area contributed by atoms with Gasteiger partial charge in [0.1, 0.15) is 5.78 Å². The maximum absolute atomic E-state index is 12.9. The molecule has 1 N–H and O–H groups in total. The second kappa shape index (κ2) is 4.63. The molecule has 122 valence electrons. The van der Waals surface area contributed by atoms with Gasteiger partial charge in [-0.1, -0.05) is 26.8 Å². The molecule has 0 aliphatic heterocycles. The fraction of sp³-hybridized carbons (Fsp3) is 0.529. The molecule has 0 radical (unpaired) electrons. The number of Topliss-reactive ketones (excluding diaryl/α,β-unsaturated/α-hetero) is 1. The molecule has 0 saturated heterocycles. The van der Waals surface area contributed by atoms with E-state index in [0.29, 0.717) is 18.5 Å². The largest absolute Gasteiger partial charge is 0.325 e. The topological polar surface area (TPSA) is 89.3 Å². The normalized spacial score (nSPS) is 31.2. The minimum absolute atomic E-state index is 0.0710. The predicted molar refractivity (Wildman–Crippen MR) is 84.9 cm³/mol. The Hall–Kier alpha value is -2.24. The number of fused-ring (bicyclic) bond motifs is 2. The molecule has 2 fully saturated rings. The van der Waals surface area contributed by atoms with Crippen molar-refractivity contribution in [1.82, 2.24) is 0 Å². The highest BCUT2D eigenvalue weighted by atomic mass is 16.6.